The van der Waals surface area contributed by atoms with Crippen LogP contribution in [0.5, 0.6) is 0 Å². The summed E-state index contributed by atoms with van der Waals surface area (Å²) in [5, 5.41) is 4.35. The van der Waals surface area contributed by atoms with Crippen molar-refractivity contribution in [3.8, 4) is 17.1 Å². The first kappa shape index (κ1) is 12.3. The SMILES string of the molecule is Cc1ccc(-n2cnc(-c3ccc(N)c(F)c3)n2)cc1. The fraction of sp³-hybridized carbons (Fsp3) is 0.0667. The predicted molar refractivity (Wildman–Crippen MR) is 75.9 cm³/mol. The Morgan fingerprint density at radius 1 is 1.10 bits per heavy atom. The molecule has 0 amide bonds. The Morgan fingerprint density at radius 2 is 1.85 bits per heavy atom. The van der Waals surface area contributed by atoms with E-state index in [2.05, 4.69) is 10.1 Å². The van der Waals surface area contributed by atoms with Crippen LogP contribution in [-0.2, 0) is 0 Å². The molecule has 0 saturated heterocycles. The Balaban J connectivity index is 1.97. The highest BCUT2D eigenvalue weighted by molar-refractivity contribution is 5.59. The minimum absolute atomic E-state index is 0.117. The molecule has 3 rings (SSSR count). The number of hydrogen-bond donors (Lipinski definition) is 1. The second kappa shape index (κ2) is 4.77. The van der Waals surface area contributed by atoms with E-state index in [-0.39, 0.29) is 5.69 Å². The van der Waals surface area contributed by atoms with Crippen molar-refractivity contribution < 1.29 is 4.39 Å². The summed E-state index contributed by atoms with van der Waals surface area (Å²) in [5.74, 6) is -0.00124. The third kappa shape index (κ3) is 2.25. The highest BCUT2D eigenvalue weighted by Crippen LogP contribution is 2.20. The highest BCUT2D eigenvalue weighted by atomic mass is 19.1. The van der Waals surface area contributed by atoms with E-state index >= 15 is 0 Å². The quantitative estimate of drug-likeness (QED) is 0.727. The molecule has 0 fully saturated rings. The van der Waals surface area contributed by atoms with Gasteiger partial charge in [-0.2, -0.15) is 0 Å². The third-order valence-electron chi connectivity index (χ3n) is 3.05. The van der Waals surface area contributed by atoms with Gasteiger partial charge in [-0.15, -0.1) is 5.10 Å². The standard InChI is InChI=1S/C15H13FN4/c1-10-2-5-12(6-3-10)20-9-18-15(19-20)11-4-7-14(17)13(16)8-11/h2-9H,17H2,1H3. The molecule has 0 aliphatic rings. The summed E-state index contributed by atoms with van der Waals surface area (Å²) in [4.78, 5) is 4.20. The molecule has 1 aromatic heterocycles. The van der Waals surface area contributed by atoms with Crippen LogP contribution in [-0.4, -0.2) is 14.8 Å². The minimum atomic E-state index is -0.464. The van der Waals surface area contributed by atoms with Crippen LogP contribution >= 0.6 is 0 Å². The number of hydrogen-bond acceptors (Lipinski definition) is 3. The zero-order valence-corrected chi connectivity index (χ0v) is 10.9. The topological polar surface area (TPSA) is 56.7 Å². The molecule has 1 heterocycles. The zero-order valence-electron chi connectivity index (χ0n) is 10.9. The highest BCUT2D eigenvalue weighted by Gasteiger charge is 2.08. The van der Waals surface area contributed by atoms with Gasteiger partial charge in [-0.1, -0.05) is 17.7 Å². The van der Waals surface area contributed by atoms with Crippen LogP contribution in [0.25, 0.3) is 17.1 Å². The number of rotatable bonds is 2. The van der Waals surface area contributed by atoms with Crippen molar-refractivity contribution >= 4 is 5.69 Å². The lowest BCUT2D eigenvalue weighted by atomic mass is 10.2. The monoisotopic (exact) mass is 268 g/mol. The van der Waals surface area contributed by atoms with Crippen molar-refractivity contribution in [2.75, 3.05) is 5.73 Å². The minimum Gasteiger partial charge on any atom is -0.396 e. The van der Waals surface area contributed by atoms with E-state index in [1.165, 1.54) is 17.7 Å². The third-order valence-corrected chi connectivity index (χ3v) is 3.05. The number of aryl methyl sites for hydroxylation is 1. The number of nitrogen functional groups attached to an aromatic ring is 1. The first-order chi connectivity index (χ1) is 9.63. The summed E-state index contributed by atoms with van der Waals surface area (Å²) in [6, 6.07) is 12.5. The van der Waals surface area contributed by atoms with Gasteiger partial charge in [0.2, 0.25) is 0 Å². The Labute approximate surface area is 115 Å². The molecule has 2 aromatic carbocycles. The molecule has 0 aliphatic carbocycles. The maximum atomic E-state index is 13.5. The van der Waals surface area contributed by atoms with Gasteiger partial charge in [-0.25, -0.2) is 14.1 Å². The lowest BCUT2D eigenvalue weighted by Gasteiger charge is -2.01. The number of halogens is 1. The molecule has 0 spiro atoms. The summed E-state index contributed by atoms with van der Waals surface area (Å²) < 4.78 is 15.1. The van der Waals surface area contributed by atoms with E-state index in [0.717, 1.165) is 5.69 Å². The van der Waals surface area contributed by atoms with E-state index in [1.807, 2.05) is 31.2 Å². The average Bonchev–Trinajstić information content (AvgIpc) is 2.92. The first-order valence-electron chi connectivity index (χ1n) is 6.17. The Bertz CT molecular complexity index is 747. The van der Waals surface area contributed by atoms with Gasteiger partial charge in [0.15, 0.2) is 5.82 Å². The molecule has 4 nitrogen and oxygen atoms in total. The van der Waals surface area contributed by atoms with Crippen LogP contribution in [0, 0.1) is 12.7 Å². The largest absolute Gasteiger partial charge is 0.396 e. The summed E-state index contributed by atoms with van der Waals surface area (Å²) in [6.45, 7) is 2.02. The predicted octanol–water partition coefficient (Wildman–Crippen LogP) is 2.96. The Morgan fingerprint density at radius 3 is 2.55 bits per heavy atom. The van der Waals surface area contributed by atoms with Gasteiger partial charge in [0.25, 0.3) is 0 Å². The van der Waals surface area contributed by atoms with Crippen molar-refractivity contribution in [3.63, 3.8) is 0 Å². The molecule has 0 atom stereocenters. The fourth-order valence-electron chi connectivity index (χ4n) is 1.88. The fourth-order valence-corrected chi connectivity index (χ4v) is 1.88. The van der Waals surface area contributed by atoms with Crippen LogP contribution in [0.3, 0.4) is 0 Å². The van der Waals surface area contributed by atoms with Crippen molar-refractivity contribution in [1.29, 1.82) is 0 Å². The molecule has 0 unspecified atom stereocenters. The molecule has 100 valence electrons. The molecule has 3 aromatic rings. The summed E-state index contributed by atoms with van der Waals surface area (Å²) in [7, 11) is 0. The number of anilines is 1. The number of nitrogens with two attached hydrogens (primary N) is 1. The van der Waals surface area contributed by atoms with Crippen LogP contribution < -0.4 is 5.73 Å². The Kier molecular flexibility index (Phi) is 2.95. The van der Waals surface area contributed by atoms with Gasteiger partial charge in [-0.05, 0) is 37.3 Å². The van der Waals surface area contributed by atoms with Crippen molar-refractivity contribution in [2.24, 2.45) is 0 Å². The van der Waals surface area contributed by atoms with E-state index in [1.54, 1.807) is 17.1 Å². The van der Waals surface area contributed by atoms with Crippen LogP contribution in [0.15, 0.2) is 48.8 Å². The lowest BCUT2D eigenvalue weighted by Crippen LogP contribution is -1.95. The van der Waals surface area contributed by atoms with E-state index < -0.39 is 5.82 Å². The van der Waals surface area contributed by atoms with Gasteiger partial charge in [0.1, 0.15) is 12.1 Å². The normalized spacial score (nSPS) is 10.7. The molecular formula is C15H13FN4. The maximum Gasteiger partial charge on any atom is 0.181 e. The molecule has 0 saturated carbocycles. The molecular weight excluding hydrogens is 255 g/mol. The van der Waals surface area contributed by atoms with Gasteiger partial charge >= 0.3 is 0 Å². The second-order valence-electron chi connectivity index (χ2n) is 4.58. The molecule has 0 aliphatic heterocycles. The zero-order chi connectivity index (χ0) is 14.1. The second-order valence-corrected chi connectivity index (χ2v) is 4.58. The molecule has 0 bridgehead atoms. The molecule has 2 N–H and O–H groups in total. The average molecular weight is 268 g/mol. The Hall–Kier alpha value is -2.69. The number of nitrogens with zero attached hydrogens (tertiary/aromatic N) is 3. The summed E-state index contributed by atoms with van der Waals surface area (Å²) >= 11 is 0. The van der Waals surface area contributed by atoms with Gasteiger partial charge < -0.3 is 5.73 Å². The van der Waals surface area contributed by atoms with Crippen molar-refractivity contribution in [3.05, 3.63) is 60.2 Å². The molecule has 0 radical (unpaired) electrons. The van der Waals surface area contributed by atoms with Crippen LogP contribution in [0.1, 0.15) is 5.56 Å². The first-order valence-corrected chi connectivity index (χ1v) is 6.17. The van der Waals surface area contributed by atoms with Crippen molar-refractivity contribution in [1.82, 2.24) is 14.8 Å². The number of benzene rings is 2. The van der Waals surface area contributed by atoms with E-state index in [4.69, 9.17) is 5.73 Å². The smallest absolute Gasteiger partial charge is 0.181 e. The molecule has 5 heteroatoms. The van der Waals surface area contributed by atoms with Crippen LogP contribution in [0.4, 0.5) is 10.1 Å². The van der Waals surface area contributed by atoms with Crippen molar-refractivity contribution in [2.45, 2.75) is 6.92 Å². The number of aromatic nitrogens is 3. The maximum absolute atomic E-state index is 13.5. The van der Waals surface area contributed by atoms with E-state index in [9.17, 15) is 4.39 Å². The van der Waals surface area contributed by atoms with Gasteiger partial charge in [-0.3, -0.25) is 0 Å². The van der Waals surface area contributed by atoms with E-state index in [0.29, 0.717) is 11.4 Å². The summed E-state index contributed by atoms with van der Waals surface area (Å²) in [5.41, 5.74) is 8.26. The molecule has 20 heavy (non-hydrogen) atoms. The van der Waals surface area contributed by atoms with Gasteiger partial charge in [0.05, 0.1) is 11.4 Å². The summed E-state index contributed by atoms with van der Waals surface area (Å²) in [6.07, 6.45) is 1.61. The van der Waals surface area contributed by atoms with Crippen LogP contribution in [0.2, 0.25) is 0 Å². The lowest BCUT2D eigenvalue weighted by molar-refractivity contribution is 0.633. The van der Waals surface area contributed by atoms with Gasteiger partial charge in [0, 0.05) is 5.56 Å².